The molecule has 0 radical (unpaired) electrons. The van der Waals surface area contributed by atoms with Crippen LogP contribution in [0.25, 0.3) is 0 Å². The number of hydrogen-bond donors (Lipinski definition) is 1. The Kier molecular flexibility index (Phi) is 4.75. The second-order valence-corrected chi connectivity index (χ2v) is 5.52. The number of nitrogens with zero attached hydrogens (tertiary/aromatic N) is 1. The molecular weight excluding hydrogens is 302 g/mol. The van der Waals surface area contributed by atoms with Crippen molar-refractivity contribution in [2.75, 3.05) is 13.1 Å². The minimum Gasteiger partial charge on any atom is -0.481 e. The molecule has 1 unspecified atom stereocenters. The Balaban J connectivity index is 2.24. The first-order valence-electron chi connectivity index (χ1n) is 7.03. The molecule has 1 aliphatic heterocycles. The highest BCUT2D eigenvalue weighted by Gasteiger charge is 2.53. The monoisotopic (exact) mass is 319 g/mol. The maximum absolute atomic E-state index is 13.0. The van der Waals surface area contributed by atoms with Gasteiger partial charge in [-0.2, -0.15) is 13.2 Å². The van der Waals surface area contributed by atoms with E-state index < -0.39 is 29.8 Å². The third-order valence-electron chi connectivity index (χ3n) is 4.17. The smallest absolute Gasteiger partial charge is 0.393 e. The van der Waals surface area contributed by atoms with Gasteiger partial charge in [-0.25, -0.2) is 4.39 Å². The highest BCUT2D eigenvalue weighted by atomic mass is 19.4. The summed E-state index contributed by atoms with van der Waals surface area (Å²) in [5.74, 6) is -5.19. The van der Waals surface area contributed by atoms with Gasteiger partial charge in [0, 0.05) is 19.1 Å². The van der Waals surface area contributed by atoms with Gasteiger partial charge < -0.3 is 5.11 Å². The Morgan fingerprint density at radius 2 is 1.91 bits per heavy atom. The zero-order valence-electron chi connectivity index (χ0n) is 12.0. The molecule has 2 rings (SSSR count). The van der Waals surface area contributed by atoms with E-state index in [1.165, 1.54) is 29.2 Å². The van der Waals surface area contributed by atoms with Gasteiger partial charge in [0.2, 0.25) is 0 Å². The van der Waals surface area contributed by atoms with Crippen LogP contribution < -0.4 is 0 Å². The molecule has 0 aliphatic carbocycles. The van der Waals surface area contributed by atoms with Crippen LogP contribution in [0.3, 0.4) is 0 Å². The van der Waals surface area contributed by atoms with Gasteiger partial charge in [-0.3, -0.25) is 9.69 Å². The van der Waals surface area contributed by atoms with Crippen LogP contribution in [0.5, 0.6) is 0 Å². The maximum Gasteiger partial charge on any atom is 0.393 e. The van der Waals surface area contributed by atoms with Crippen molar-refractivity contribution in [1.29, 1.82) is 0 Å². The van der Waals surface area contributed by atoms with Crippen molar-refractivity contribution in [1.82, 2.24) is 4.90 Å². The van der Waals surface area contributed by atoms with E-state index >= 15 is 0 Å². The van der Waals surface area contributed by atoms with Gasteiger partial charge in [-0.15, -0.1) is 0 Å². The zero-order chi connectivity index (χ0) is 16.5. The molecule has 0 saturated carbocycles. The molecule has 7 heteroatoms. The first-order chi connectivity index (χ1) is 10.2. The second kappa shape index (κ2) is 6.24. The molecule has 0 spiro atoms. The number of likely N-dealkylation sites (tertiary alicyclic amines) is 1. The highest BCUT2D eigenvalue weighted by Crippen LogP contribution is 2.41. The summed E-state index contributed by atoms with van der Waals surface area (Å²) in [4.78, 5) is 12.7. The molecule has 0 aromatic heterocycles. The molecule has 3 nitrogen and oxygen atoms in total. The highest BCUT2D eigenvalue weighted by molar-refractivity contribution is 5.71. The normalized spacial score (nSPS) is 24.4. The number of aliphatic carboxylic acids is 1. The lowest BCUT2D eigenvalue weighted by Crippen LogP contribution is -2.33. The fourth-order valence-corrected chi connectivity index (χ4v) is 3.06. The van der Waals surface area contributed by atoms with E-state index in [1.807, 2.05) is 6.92 Å². The van der Waals surface area contributed by atoms with Crippen LogP contribution in [0.2, 0.25) is 0 Å². The predicted molar refractivity (Wildman–Crippen MR) is 71.7 cm³/mol. The second-order valence-electron chi connectivity index (χ2n) is 5.52. The molecule has 3 atom stereocenters. The first-order valence-corrected chi connectivity index (χ1v) is 7.03. The number of benzene rings is 1. The molecule has 1 aromatic rings. The van der Waals surface area contributed by atoms with Crippen LogP contribution in [0.15, 0.2) is 24.3 Å². The SMILES string of the molecule is CCC(c1ccc(F)cc1)N1C[C@@H](C(F)(F)F)[C@H](C(=O)O)C1. The Morgan fingerprint density at radius 1 is 1.32 bits per heavy atom. The van der Waals surface area contributed by atoms with Crippen LogP contribution in [0.1, 0.15) is 24.9 Å². The van der Waals surface area contributed by atoms with Crippen LogP contribution in [-0.4, -0.2) is 35.2 Å². The van der Waals surface area contributed by atoms with Crippen LogP contribution in [0, 0.1) is 17.7 Å². The van der Waals surface area contributed by atoms with Gasteiger partial charge >= 0.3 is 12.1 Å². The van der Waals surface area contributed by atoms with Crippen molar-refractivity contribution in [3.63, 3.8) is 0 Å². The molecule has 0 bridgehead atoms. The van der Waals surface area contributed by atoms with E-state index in [4.69, 9.17) is 5.11 Å². The van der Waals surface area contributed by atoms with Crippen LogP contribution >= 0.6 is 0 Å². The minimum atomic E-state index is -4.54. The summed E-state index contributed by atoms with van der Waals surface area (Å²) >= 11 is 0. The lowest BCUT2D eigenvalue weighted by molar-refractivity contribution is -0.188. The molecule has 22 heavy (non-hydrogen) atoms. The number of alkyl halides is 3. The van der Waals surface area contributed by atoms with Crippen LogP contribution in [0.4, 0.5) is 17.6 Å². The Hall–Kier alpha value is -1.63. The largest absolute Gasteiger partial charge is 0.481 e. The molecule has 1 aromatic carbocycles. The standard InChI is InChI=1S/C15H17F4NO2/c1-2-13(9-3-5-10(16)6-4-9)20-7-11(14(21)22)12(8-20)15(17,18)19/h3-6,11-13H,2,7-8H2,1H3,(H,21,22)/t11-,12-,13?/m1/s1. The first kappa shape index (κ1) is 16.7. The summed E-state index contributed by atoms with van der Waals surface area (Å²) in [5.41, 5.74) is 0.691. The summed E-state index contributed by atoms with van der Waals surface area (Å²) in [5, 5.41) is 9.05. The molecule has 1 aliphatic rings. The number of rotatable bonds is 4. The van der Waals surface area contributed by atoms with Crippen LogP contribution in [-0.2, 0) is 4.79 Å². The molecule has 122 valence electrons. The lowest BCUT2D eigenvalue weighted by Gasteiger charge is -2.27. The number of carboxylic acids is 1. The molecule has 1 N–H and O–H groups in total. The van der Waals surface area contributed by atoms with E-state index in [2.05, 4.69) is 0 Å². The van der Waals surface area contributed by atoms with Gasteiger partial charge in [-0.1, -0.05) is 19.1 Å². The quantitative estimate of drug-likeness (QED) is 0.864. The minimum absolute atomic E-state index is 0.157. The van der Waals surface area contributed by atoms with Crippen molar-refractivity contribution < 1.29 is 27.5 Å². The molecule has 0 amide bonds. The van der Waals surface area contributed by atoms with Crippen molar-refractivity contribution >= 4 is 5.97 Å². The third-order valence-corrected chi connectivity index (χ3v) is 4.17. The summed E-state index contributed by atoms with van der Waals surface area (Å²) in [6.45, 7) is 1.30. The number of hydrogen-bond acceptors (Lipinski definition) is 2. The topological polar surface area (TPSA) is 40.5 Å². The summed E-state index contributed by atoms with van der Waals surface area (Å²) in [6, 6.07) is 5.21. The Labute approximate surface area is 125 Å². The molecule has 1 heterocycles. The number of carbonyl (C=O) groups is 1. The van der Waals surface area contributed by atoms with Gasteiger partial charge in [0.05, 0.1) is 11.8 Å². The zero-order valence-corrected chi connectivity index (χ0v) is 12.0. The lowest BCUT2D eigenvalue weighted by atomic mass is 9.96. The molecule has 1 saturated heterocycles. The van der Waals surface area contributed by atoms with E-state index in [-0.39, 0.29) is 19.1 Å². The summed E-state index contributed by atoms with van der Waals surface area (Å²) in [7, 11) is 0. The van der Waals surface area contributed by atoms with E-state index in [0.717, 1.165) is 0 Å². The van der Waals surface area contributed by atoms with Crippen molar-refractivity contribution in [2.45, 2.75) is 25.6 Å². The summed E-state index contributed by atoms with van der Waals surface area (Å²) in [6.07, 6.45) is -4.03. The molecular formula is C15H17F4NO2. The average molecular weight is 319 g/mol. The maximum atomic E-state index is 13.0. The predicted octanol–water partition coefficient (Wildman–Crippen LogP) is 3.47. The van der Waals surface area contributed by atoms with Gasteiger partial charge in [0.25, 0.3) is 0 Å². The van der Waals surface area contributed by atoms with Gasteiger partial charge in [-0.05, 0) is 24.1 Å². The van der Waals surface area contributed by atoms with E-state index in [1.54, 1.807) is 0 Å². The Morgan fingerprint density at radius 3 is 2.32 bits per heavy atom. The number of carboxylic acid groups (broad SMARTS) is 1. The molecule has 1 fully saturated rings. The summed E-state index contributed by atoms with van der Waals surface area (Å²) < 4.78 is 52.1. The average Bonchev–Trinajstić information content (AvgIpc) is 2.87. The van der Waals surface area contributed by atoms with Gasteiger partial charge in [0.15, 0.2) is 0 Å². The van der Waals surface area contributed by atoms with Crippen molar-refractivity contribution in [3.05, 3.63) is 35.6 Å². The Bertz CT molecular complexity index is 529. The fourth-order valence-electron chi connectivity index (χ4n) is 3.06. The number of halogens is 4. The van der Waals surface area contributed by atoms with Gasteiger partial charge in [0.1, 0.15) is 5.82 Å². The van der Waals surface area contributed by atoms with Crippen molar-refractivity contribution in [2.24, 2.45) is 11.8 Å². The van der Waals surface area contributed by atoms with E-state index in [9.17, 15) is 22.4 Å². The third kappa shape index (κ3) is 3.40. The van der Waals surface area contributed by atoms with Crippen molar-refractivity contribution in [3.8, 4) is 0 Å². The fraction of sp³-hybridized carbons (Fsp3) is 0.533. The van der Waals surface area contributed by atoms with E-state index in [0.29, 0.717) is 12.0 Å².